The monoisotopic (exact) mass is 663 g/mol. The first-order valence-corrected chi connectivity index (χ1v) is 13.8. The molecule has 19 heteroatoms. The Morgan fingerprint density at radius 3 is 1.54 bits per heavy atom. The number of ether oxygens (including phenoxy) is 10. The predicted molar refractivity (Wildman–Crippen MR) is 142 cm³/mol. The van der Waals surface area contributed by atoms with Crippen LogP contribution in [-0.2, 0) is 85.7 Å². The second-order valence-electron chi connectivity index (χ2n) is 10.0. The molecule has 10 atom stereocenters. The first-order valence-electron chi connectivity index (χ1n) is 13.8. The number of rotatable bonds is 11. The molecule has 0 aromatic heterocycles. The zero-order valence-electron chi connectivity index (χ0n) is 26.3. The minimum Gasteiger partial charge on any atom is -0.467 e. The van der Waals surface area contributed by atoms with Crippen molar-refractivity contribution < 1.29 is 85.7 Å². The molecule has 258 valence electrons. The summed E-state index contributed by atoms with van der Waals surface area (Å²) in [6, 6.07) is -1.50. The highest BCUT2D eigenvalue weighted by atomic mass is 16.8. The van der Waals surface area contributed by atoms with Gasteiger partial charge in [-0.2, -0.15) is 0 Å². The Bertz CT molecular complexity index is 1190. The highest BCUT2D eigenvalue weighted by molar-refractivity contribution is 5.77. The van der Waals surface area contributed by atoms with Gasteiger partial charge in [-0.3, -0.25) is 33.6 Å². The Morgan fingerprint density at radius 1 is 0.565 bits per heavy atom. The van der Waals surface area contributed by atoms with Crippen molar-refractivity contribution in [2.45, 2.75) is 110 Å². The molecule has 2 saturated heterocycles. The van der Waals surface area contributed by atoms with Gasteiger partial charge in [0.1, 0.15) is 24.9 Å². The van der Waals surface area contributed by atoms with Crippen LogP contribution in [0.1, 0.15) is 48.5 Å². The molecule has 0 radical (unpaired) electrons. The summed E-state index contributed by atoms with van der Waals surface area (Å²) < 4.78 is 54.2. The fourth-order valence-electron chi connectivity index (χ4n) is 4.73. The molecule has 0 aromatic carbocycles. The molecule has 19 nitrogen and oxygen atoms in total. The highest BCUT2D eigenvalue weighted by Crippen LogP contribution is 2.35. The van der Waals surface area contributed by atoms with E-state index in [9.17, 15) is 38.4 Å². The van der Waals surface area contributed by atoms with Crippen molar-refractivity contribution in [1.29, 1.82) is 0 Å². The summed E-state index contributed by atoms with van der Waals surface area (Å²) in [7, 11) is 0.983. The zero-order valence-corrected chi connectivity index (χ0v) is 26.3. The Balaban J connectivity index is 2.77. The van der Waals surface area contributed by atoms with Crippen molar-refractivity contribution in [3.8, 4) is 0 Å². The summed E-state index contributed by atoms with van der Waals surface area (Å²) in [6.45, 7) is 6.62. The van der Waals surface area contributed by atoms with E-state index in [0.29, 0.717) is 0 Å². The first-order chi connectivity index (χ1) is 21.4. The lowest BCUT2D eigenvalue weighted by molar-refractivity contribution is -0.340. The number of carbonyl (C=O) groups is 8. The van der Waals surface area contributed by atoms with E-state index in [2.05, 4.69) is 5.32 Å². The summed E-state index contributed by atoms with van der Waals surface area (Å²) in [5.41, 5.74) is 0. The average Bonchev–Trinajstić information content (AvgIpc) is 2.91. The van der Waals surface area contributed by atoms with E-state index in [1.54, 1.807) is 0 Å². The molecule has 2 heterocycles. The summed E-state index contributed by atoms with van der Waals surface area (Å²) in [5, 5.41) is 2.47. The van der Waals surface area contributed by atoms with Crippen LogP contribution in [0.15, 0.2) is 0 Å². The van der Waals surface area contributed by atoms with E-state index in [-0.39, 0.29) is 0 Å². The van der Waals surface area contributed by atoms with Gasteiger partial charge in [0.25, 0.3) is 0 Å². The standard InChI is InChI=1S/C27H37NO18/c1-10(29)28-18-20(19(39-12(3)31)17(9-38-11(2)30)44-26(18)43-16(7)35)45-27-24(42-15(6)34)22(41-14(5)33)21(40-13(4)32)23(46-27)25(36)37-8/h17-24,26-27H,9H2,1-8H3,(H,28,29)/t17-,18-,19+,20-,21+,22+,23+,24-,26?,27-/m1/s1. The van der Waals surface area contributed by atoms with Gasteiger partial charge in [0.15, 0.2) is 36.8 Å². The summed E-state index contributed by atoms with van der Waals surface area (Å²) in [4.78, 5) is 97.5. The second-order valence-corrected chi connectivity index (χ2v) is 10.0. The van der Waals surface area contributed by atoms with Crippen molar-refractivity contribution in [2.75, 3.05) is 13.7 Å². The number of esters is 7. The van der Waals surface area contributed by atoms with Crippen LogP contribution in [0.3, 0.4) is 0 Å². The van der Waals surface area contributed by atoms with Crippen molar-refractivity contribution in [3.05, 3.63) is 0 Å². The number of hydrogen-bond acceptors (Lipinski definition) is 18. The van der Waals surface area contributed by atoms with Gasteiger partial charge in [0.05, 0.1) is 7.11 Å². The SMILES string of the molecule is COC(=O)[C@H]1O[C@@H](O[C@H]2[C@@H](OC(C)=O)[C@@H](COC(C)=O)OC(OC(C)=O)[C@@H]2NC(C)=O)[C@H](OC(C)=O)[C@@H](OC(C)=O)[C@@H]1OC(C)=O. The van der Waals surface area contributed by atoms with Crippen LogP contribution < -0.4 is 5.32 Å². The predicted octanol–water partition coefficient (Wildman–Crippen LogP) is -1.65. The van der Waals surface area contributed by atoms with Crippen LogP contribution in [0.25, 0.3) is 0 Å². The molecular formula is C27H37NO18. The van der Waals surface area contributed by atoms with Gasteiger partial charge in [0.2, 0.25) is 12.2 Å². The van der Waals surface area contributed by atoms with Crippen LogP contribution in [0.2, 0.25) is 0 Å². The molecule has 2 fully saturated rings. The van der Waals surface area contributed by atoms with Gasteiger partial charge >= 0.3 is 41.8 Å². The summed E-state index contributed by atoms with van der Waals surface area (Å²) in [5.74, 6) is -7.25. The van der Waals surface area contributed by atoms with Crippen molar-refractivity contribution >= 4 is 47.7 Å². The quantitative estimate of drug-likeness (QED) is 0.192. The minimum atomic E-state index is -1.94. The maximum atomic E-state index is 12.9. The molecule has 0 saturated carbocycles. The number of methoxy groups -OCH3 is 1. The third-order valence-corrected chi connectivity index (χ3v) is 6.18. The lowest BCUT2D eigenvalue weighted by Crippen LogP contribution is -2.69. The Kier molecular flexibility index (Phi) is 13.8. The Labute approximate surface area is 262 Å². The molecule has 0 bridgehead atoms. The van der Waals surface area contributed by atoms with Gasteiger partial charge < -0.3 is 52.7 Å². The molecule has 1 unspecified atom stereocenters. The molecule has 1 amide bonds. The molecule has 2 rings (SSSR count). The number of nitrogens with one attached hydrogen (secondary N) is 1. The smallest absolute Gasteiger partial charge is 0.339 e. The molecule has 0 spiro atoms. The Morgan fingerprint density at radius 2 is 1.07 bits per heavy atom. The highest BCUT2D eigenvalue weighted by Gasteiger charge is 2.58. The normalized spacial score (nSPS) is 30.4. The van der Waals surface area contributed by atoms with Crippen LogP contribution in [-0.4, -0.2) is 123 Å². The lowest BCUT2D eigenvalue weighted by atomic mass is 9.94. The van der Waals surface area contributed by atoms with E-state index in [0.717, 1.165) is 55.6 Å². The largest absolute Gasteiger partial charge is 0.467 e. The van der Waals surface area contributed by atoms with E-state index >= 15 is 0 Å². The fraction of sp³-hybridized carbons (Fsp3) is 0.704. The van der Waals surface area contributed by atoms with Crippen LogP contribution in [0, 0.1) is 0 Å². The zero-order chi connectivity index (χ0) is 34.9. The fourth-order valence-corrected chi connectivity index (χ4v) is 4.73. The molecule has 2 aliphatic heterocycles. The van der Waals surface area contributed by atoms with E-state index in [1.165, 1.54) is 0 Å². The summed E-state index contributed by atoms with van der Waals surface area (Å²) >= 11 is 0. The van der Waals surface area contributed by atoms with Gasteiger partial charge in [-0.1, -0.05) is 0 Å². The van der Waals surface area contributed by atoms with Gasteiger partial charge in [0, 0.05) is 48.5 Å². The topological polar surface area (TPSA) is 241 Å². The van der Waals surface area contributed by atoms with Gasteiger partial charge in [-0.05, 0) is 0 Å². The third-order valence-electron chi connectivity index (χ3n) is 6.18. The van der Waals surface area contributed by atoms with E-state index in [4.69, 9.17) is 47.4 Å². The lowest BCUT2D eigenvalue weighted by Gasteiger charge is -2.48. The van der Waals surface area contributed by atoms with Gasteiger partial charge in [-0.15, -0.1) is 0 Å². The van der Waals surface area contributed by atoms with Crippen LogP contribution >= 0.6 is 0 Å². The van der Waals surface area contributed by atoms with E-state index < -0.39 is 116 Å². The molecule has 0 aromatic rings. The second kappa shape index (κ2) is 16.8. The maximum Gasteiger partial charge on any atom is 0.339 e. The van der Waals surface area contributed by atoms with Crippen molar-refractivity contribution in [2.24, 2.45) is 0 Å². The number of amides is 1. The average molecular weight is 664 g/mol. The molecule has 46 heavy (non-hydrogen) atoms. The first kappa shape index (κ1) is 37.8. The number of carbonyl (C=O) groups excluding carboxylic acids is 8. The minimum absolute atomic E-state index is 0.577. The van der Waals surface area contributed by atoms with Crippen molar-refractivity contribution in [1.82, 2.24) is 5.32 Å². The molecule has 1 N–H and O–H groups in total. The third kappa shape index (κ3) is 10.6. The van der Waals surface area contributed by atoms with Gasteiger partial charge in [-0.25, -0.2) is 4.79 Å². The van der Waals surface area contributed by atoms with Crippen molar-refractivity contribution in [3.63, 3.8) is 0 Å². The molecule has 0 aliphatic carbocycles. The van der Waals surface area contributed by atoms with Crippen LogP contribution in [0.5, 0.6) is 0 Å². The molecular weight excluding hydrogens is 626 g/mol. The van der Waals surface area contributed by atoms with Crippen LogP contribution in [0.4, 0.5) is 0 Å². The number of hydrogen-bond donors (Lipinski definition) is 1. The maximum absolute atomic E-state index is 12.9. The molecule has 2 aliphatic rings. The Hall–Kier alpha value is -4.36. The van der Waals surface area contributed by atoms with E-state index in [1.807, 2.05) is 0 Å². The summed E-state index contributed by atoms with van der Waals surface area (Å²) in [6.07, 6.45) is -15.4.